The molecule has 0 fully saturated rings. The molecule has 0 radical (unpaired) electrons. The van der Waals surface area contributed by atoms with Gasteiger partial charge in [0, 0.05) is 17.0 Å². The minimum atomic E-state index is -0.363. The summed E-state index contributed by atoms with van der Waals surface area (Å²) in [6.45, 7) is 3.75. The van der Waals surface area contributed by atoms with Crippen molar-refractivity contribution in [2.75, 3.05) is 0 Å². The molecule has 3 heterocycles. The Morgan fingerprint density at radius 3 is 2.87 bits per heavy atom. The molecule has 0 unspecified atom stereocenters. The van der Waals surface area contributed by atoms with Gasteiger partial charge >= 0.3 is 5.63 Å². The Hall–Kier alpha value is -2.73. The second-order valence-electron chi connectivity index (χ2n) is 5.23. The number of thiophene rings is 1. The topological polar surface area (TPSA) is 65.2 Å². The largest absolute Gasteiger partial charge is 0.438 e. The van der Waals surface area contributed by atoms with Crippen molar-refractivity contribution in [2.45, 2.75) is 13.8 Å². The molecule has 0 atom stereocenters. The van der Waals surface area contributed by atoms with Crippen molar-refractivity contribution in [1.29, 1.82) is 0 Å². The lowest BCUT2D eigenvalue weighted by molar-refractivity contribution is 0.462. The van der Waals surface area contributed by atoms with E-state index in [2.05, 4.69) is 9.97 Å². The third kappa shape index (κ3) is 2.27. The molecular formula is C17H12N2O3S. The maximum Gasteiger partial charge on any atom is 0.336 e. The highest BCUT2D eigenvalue weighted by molar-refractivity contribution is 7.16. The fourth-order valence-electron chi connectivity index (χ4n) is 2.56. The van der Waals surface area contributed by atoms with Gasteiger partial charge in [-0.05, 0) is 43.0 Å². The van der Waals surface area contributed by atoms with Crippen molar-refractivity contribution >= 4 is 32.5 Å². The summed E-state index contributed by atoms with van der Waals surface area (Å²) >= 11 is 1.53. The number of hydrogen-bond acceptors (Lipinski definition) is 6. The number of nitrogens with zero attached hydrogens (tertiary/aromatic N) is 2. The van der Waals surface area contributed by atoms with Crippen LogP contribution in [0.4, 0.5) is 0 Å². The molecule has 0 amide bonds. The van der Waals surface area contributed by atoms with Crippen molar-refractivity contribution in [1.82, 2.24) is 9.97 Å². The minimum absolute atomic E-state index is 0.363. The van der Waals surface area contributed by atoms with Gasteiger partial charge in [-0.25, -0.2) is 14.8 Å². The van der Waals surface area contributed by atoms with Gasteiger partial charge in [0.1, 0.15) is 22.5 Å². The Morgan fingerprint density at radius 2 is 2.00 bits per heavy atom. The normalized spacial score (nSPS) is 11.2. The van der Waals surface area contributed by atoms with Gasteiger partial charge in [0.05, 0.1) is 5.39 Å². The van der Waals surface area contributed by atoms with Crippen LogP contribution in [0, 0.1) is 13.8 Å². The maximum absolute atomic E-state index is 11.6. The summed E-state index contributed by atoms with van der Waals surface area (Å²) in [6, 6.07) is 7.17. The first kappa shape index (κ1) is 13.9. The van der Waals surface area contributed by atoms with Crippen LogP contribution in [-0.2, 0) is 0 Å². The average molecular weight is 324 g/mol. The van der Waals surface area contributed by atoms with E-state index >= 15 is 0 Å². The van der Waals surface area contributed by atoms with E-state index in [1.165, 1.54) is 23.7 Å². The maximum atomic E-state index is 11.6. The van der Waals surface area contributed by atoms with Crippen LogP contribution in [0.5, 0.6) is 11.6 Å². The van der Waals surface area contributed by atoms with Crippen molar-refractivity contribution in [3.63, 3.8) is 0 Å². The summed E-state index contributed by atoms with van der Waals surface area (Å²) in [5, 5.41) is 3.71. The number of aromatic nitrogens is 2. The summed E-state index contributed by atoms with van der Waals surface area (Å²) < 4.78 is 11.3. The predicted molar refractivity (Wildman–Crippen MR) is 89.4 cm³/mol. The molecule has 0 aliphatic heterocycles. The number of aryl methyl sites for hydroxylation is 2. The zero-order valence-electron chi connectivity index (χ0n) is 12.5. The number of ether oxygens (including phenoxy) is 1. The lowest BCUT2D eigenvalue weighted by Crippen LogP contribution is -2.00. The van der Waals surface area contributed by atoms with E-state index in [1.54, 1.807) is 0 Å². The van der Waals surface area contributed by atoms with Crippen molar-refractivity contribution in [2.24, 2.45) is 0 Å². The predicted octanol–water partition coefficient (Wildman–Crippen LogP) is 4.21. The van der Waals surface area contributed by atoms with Gasteiger partial charge < -0.3 is 9.15 Å². The van der Waals surface area contributed by atoms with E-state index in [-0.39, 0.29) is 5.63 Å². The first-order chi connectivity index (χ1) is 11.1. The van der Waals surface area contributed by atoms with Gasteiger partial charge in [-0.1, -0.05) is 0 Å². The van der Waals surface area contributed by atoms with Crippen LogP contribution in [0.25, 0.3) is 21.2 Å². The Labute approximate surface area is 135 Å². The summed E-state index contributed by atoms with van der Waals surface area (Å²) in [5.74, 6) is 1.10. The molecule has 4 aromatic rings. The molecule has 0 saturated carbocycles. The Kier molecular flexibility index (Phi) is 3.12. The number of hydrogen-bond donors (Lipinski definition) is 0. The smallest absolute Gasteiger partial charge is 0.336 e. The quantitative estimate of drug-likeness (QED) is 0.517. The molecule has 5 nitrogen and oxygen atoms in total. The molecule has 0 saturated heterocycles. The van der Waals surface area contributed by atoms with Gasteiger partial charge in [0.2, 0.25) is 5.88 Å². The first-order valence-corrected chi connectivity index (χ1v) is 7.91. The van der Waals surface area contributed by atoms with E-state index in [1.807, 2.05) is 37.4 Å². The molecule has 4 rings (SSSR count). The van der Waals surface area contributed by atoms with Crippen molar-refractivity contribution in [3.05, 3.63) is 57.5 Å². The molecule has 0 N–H and O–H groups in total. The number of benzene rings is 1. The second kappa shape index (κ2) is 5.17. The zero-order valence-corrected chi connectivity index (χ0v) is 13.3. The highest BCUT2D eigenvalue weighted by Crippen LogP contribution is 2.34. The molecule has 0 bridgehead atoms. The Balaban J connectivity index is 1.88. The summed E-state index contributed by atoms with van der Waals surface area (Å²) in [4.78, 5) is 20.9. The van der Waals surface area contributed by atoms with Gasteiger partial charge in [-0.15, -0.1) is 11.3 Å². The molecule has 0 spiro atoms. The Bertz CT molecular complexity index is 1100. The molecule has 114 valence electrons. The SMILES string of the molecule is Cc1cc(=O)oc2c(C)c(Oc3ncnc4sccc34)ccc12. The summed E-state index contributed by atoms with van der Waals surface area (Å²) in [7, 11) is 0. The van der Waals surface area contributed by atoms with Gasteiger partial charge in [-0.3, -0.25) is 0 Å². The van der Waals surface area contributed by atoms with Crippen LogP contribution in [0.1, 0.15) is 11.1 Å². The van der Waals surface area contributed by atoms with Crippen LogP contribution in [0.3, 0.4) is 0 Å². The van der Waals surface area contributed by atoms with Crippen LogP contribution in [-0.4, -0.2) is 9.97 Å². The summed E-state index contributed by atoms with van der Waals surface area (Å²) in [5.41, 5.74) is 1.83. The van der Waals surface area contributed by atoms with E-state index in [9.17, 15) is 4.79 Å². The van der Waals surface area contributed by atoms with E-state index in [0.717, 1.165) is 26.7 Å². The highest BCUT2D eigenvalue weighted by Gasteiger charge is 2.13. The fourth-order valence-corrected chi connectivity index (χ4v) is 3.29. The summed E-state index contributed by atoms with van der Waals surface area (Å²) in [6.07, 6.45) is 1.48. The first-order valence-electron chi connectivity index (χ1n) is 7.03. The van der Waals surface area contributed by atoms with Crippen LogP contribution in [0.15, 0.2) is 45.2 Å². The monoisotopic (exact) mass is 324 g/mol. The highest BCUT2D eigenvalue weighted by atomic mass is 32.1. The van der Waals surface area contributed by atoms with Gasteiger partial charge in [0.25, 0.3) is 0 Å². The fraction of sp³-hybridized carbons (Fsp3) is 0.118. The van der Waals surface area contributed by atoms with Gasteiger partial charge in [-0.2, -0.15) is 0 Å². The average Bonchev–Trinajstić information content (AvgIpc) is 3.00. The van der Waals surface area contributed by atoms with Crippen LogP contribution < -0.4 is 10.4 Å². The lowest BCUT2D eigenvalue weighted by Gasteiger charge is -2.10. The number of fused-ring (bicyclic) bond motifs is 2. The van der Waals surface area contributed by atoms with Crippen LogP contribution >= 0.6 is 11.3 Å². The third-order valence-corrected chi connectivity index (χ3v) is 4.57. The molecule has 23 heavy (non-hydrogen) atoms. The standard InChI is InChI=1S/C17H12N2O3S/c1-9-7-14(20)22-15-10(2)13(4-3-11(9)15)21-16-12-5-6-23-17(12)19-8-18-16/h3-8H,1-2H3. The van der Waals surface area contributed by atoms with Gasteiger partial charge in [0.15, 0.2) is 0 Å². The molecule has 1 aromatic carbocycles. The second-order valence-corrected chi connectivity index (χ2v) is 6.13. The molecule has 0 aliphatic carbocycles. The molecule has 3 aromatic heterocycles. The zero-order chi connectivity index (χ0) is 16.0. The van der Waals surface area contributed by atoms with E-state index < -0.39 is 0 Å². The number of rotatable bonds is 2. The van der Waals surface area contributed by atoms with Crippen LogP contribution in [0.2, 0.25) is 0 Å². The molecular weight excluding hydrogens is 312 g/mol. The lowest BCUT2D eigenvalue weighted by atomic mass is 10.1. The van der Waals surface area contributed by atoms with E-state index in [4.69, 9.17) is 9.15 Å². The molecule has 0 aliphatic rings. The molecule has 6 heteroatoms. The van der Waals surface area contributed by atoms with E-state index in [0.29, 0.717) is 17.2 Å². The Morgan fingerprint density at radius 1 is 1.13 bits per heavy atom. The van der Waals surface area contributed by atoms with Crippen molar-refractivity contribution < 1.29 is 9.15 Å². The minimum Gasteiger partial charge on any atom is -0.438 e. The third-order valence-electron chi connectivity index (χ3n) is 3.75. The van der Waals surface area contributed by atoms with Crippen molar-refractivity contribution in [3.8, 4) is 11.6 Å².